The number of aliphatic hydroxyl groups is 1. The first-order chi connectivity index (χ1) is 27.1. The van der Waals surface area contributed by atoms with Gasteiger partial charge in [-0.3, -0.25) is 4.79 Å². The third-order valence-electron chi connectivity index (χ3n) is 13.9. The summed E-state index contributed by atoms with van der Waals surface area (Å²) in [6, 6.07) is 16.8. The lowest BCUT2D eigenvalue weighted by molar-refractivity contribution is -0.280. The zero-order valence-corrected chi connectivity index (χ0v) is 35.2. The first-order valence-electron chi connectivity index (χ1n) is 19.7. The van der Waals surface area contributed by atoms with Gasteiger partial charge < -0.3 is 42.6 Å². The molecule has 1 amide bonds. The Morgan fingerprint density at radius 2 is 1.64 bits per heavy atom. The van der Waals surface area contributed by atoms with Crippen molar-refractivity contribution in [3.63, 3.8) is 0 Å². The van der Waals surface area contributed by atoms with E-state index in [0.717, 1.165) is 0 Å². The maximum absolute atomic E-state index is 15.2. The highest BCUT2D eigenvalue weighted by Crippen LogP contribution is 2.66. The van der Waals surface area contributed by atoms with Crippen molar-refractivity contribution in [1.82, 2.24) is 5.32 Å². The third kappa shape index (κ3) is 5.88. The van der Waals surface area contributed by atoms with Gasteiger partial charge in [0.05, 0.1) is 24.0 Å². The molecule has 2 bridgehead atoms. The van der Waals surface area contributed by atoms with E-state index in [0.29, 0.717) is 22.3 Å². The first kappa shape index (κ1) is 40.0. The monoisotopic (exact) mass is 813 g/mol. The van der Waals surface area contributed by atoms with Gasteiger partial charge in [0.1, 0.15) is 17.8 Å². The summed E-state index contributed by atoms with van der Waals surface area (Å²) in [4.78, 5) is 55.8. The number of carbonyl (C=O) groups is 3. The normalized spacial score (nSPS) is 31.7. The quantitative estimate of drug-likeness (QED) is 0.139. The van der Waals surface area contributed by atoms with Crippen LogP contribution in [0.2, 0.25) is 18.1 Å². The minimum Gasteiger partial charge on any atom is -0.456 e. The molecule has 3 aromatic rings. The Morgan fingerprint density at radius 3 is 2.26 bits per heavy atom. The molecule has 58 heavy (non-hydrogen) atoms. The number of hydrogen-bond donors (Lipinski definition) is 2. The molecule has 1 spiro atoms. The number of benzene rings is 2. The molecule has 9 atom stereocenters. The van der Waals surface area contributed by atoms with Crippen LogP contribution in [0.1, 0.15) is 88.4 Å². The van der Waals surface area contributed by atoms with Gasteiger partial charge in [-0.25, -0.2) is 14.4 Å². The summed E-state index contributed by atoms with van der Waals surface area (Å²) in [7, 11) is -2.78. The van der Waals surface area contributed by atoms with Gasteiger partial charge in [0.15, 0.2) is 37.6 Å². The lowest BCUT2D eigenvalue weighted by atomic mass is 9.48. The van der Waals surface area contributed by atoms with Gasteiger partial charge in [0, 0.05) is 23.0 Å². The van der Waals surface area contributed by atoms with Crippen LogP contribution in [-0.4, -0.2) is 73.7 Å². The van der Waals surface area contributed by atoms with Gasteiger partial charge in [-0.05, 0) is 55.2 Å². The van der Waals surface area contributed by atoms with Crippen LogP contribution >= 0.6 is 0 Å². The van der Waals surface area contributed by atoms with E-state index in [1.807, 2.05) is 63.3 Å². The number of esters is 1. The van der Waals surface area contributed by atoms with E-state index in [1.54, 1.807) is 50.3 Å². The molecular formula is C44H51NO12Si. The lowest BCUT2D eigenvalue weighted by Gasteiger charge is -2.61. The van der Waals surface area contributed by atoms with Gasteiger partial charge >= 0.3 is 17.9 Å². The van der Waals surface area contributed by atoms with Crippen LogP contribution in [0.15, 0.2) is 92.0 Å². The summed E-state index contributed by atoms with van der Waals surface area (Å²) >= 11 is 0. The van der Waals surface area contributed by atoms with Crippen LogP contribution in [-0.2, 0) is 33.6 Å². The second kappa shape index (κ2) is 13.4. The van der Waals surface area contributed by atoms with E-state index in [1.165, 1.54) is 0 Å². The molecule has 1 aromatic heterocycles. The topological polar surface area (TPSA) is 173 Å². The molecule has 0 unspecified atom stereocenters. The molecule has 308 valence electrons. The Bertz CT molecular complexity index is 2270. The minimum atomic E-state index is -2.78. The SMILES string of the molecule is CC1=C2c3oc(=O)oc3[C@]3(C)C=C[C@H]4OC[C@@]4(O)[C@H]3[C@@H]3OC(=O)O[C@@]3(C[C@@H]1OC(=O)[C@H](O[Si](C)(C)C(C)(C)C)[C@@H](NC(=O)c1ccccc1)c1ccccc1)C2(C)C. The fourth-order valence-electron chi connectivity index (χ4n) is 9.65. The van der Waals surface area contributed by atoms with E-state index in [4.69, 9.17) is 32.2 Å². The third-order valence-corrected chi connectivity index (χ3v) is 18.3. The van der Waals surface area contributed by atoms with Crippen LogP contribution < -0.4 is 11.1 Å². The molecule has 2 saturated heterocycles. The molecule has 14 heteroatoms. The summed E-state index contributed by atoms with van der Waals surface area (Å²) in [6.45, 7) is 17.4. The number of amides is 1. The number of ether oxygens (including phenoxy) is 4. The van der Waals surface area contributed by atoms with Crippen molar-refractivity contribution >= 4 is 31.9 Å². The predicted octanol–water partition coefficient (Wildman–Crippen LogP) is 6.77. The van der Waals surface area contributed by atoms with Crippen molar-refractivity contribution in [1.29, 1.82) is 0 Å². The molecule has 2 N–H and O–H groups in total. The van der Waals surface area contributed by atoms with Crippen molar-refractivity contribution < 1.29 is 51.7 Å². The predicted molar refractivity (Wildman–Crippen MR) is 212 cm³/mol. The Kier molecular flexibility index (Phi) is 9.24. The maximum Gasteiger partial charge on any atom is 0.519 e. The molecule has 0 radical (unpaired) electrons. The number of fused-ring (bicyclic) bond motifs is 8. The average Bonchev–Trinajstić information content (AvgIpc) is 3.70. The van der Waals surface area contributed by atoms with Crippen molar-refractivity contribution in [2.45, 2.75) is 120 Å². The maximum atomic E-state index is 15.2. The number of nitrogens with one attached hydrogen (secondary N) is 1. The van der Waals surface area contributed by atoms with Crippen LogP contribution in [0, 0.1) is 11.3 Å². The highest BCUT2D eigenvalue weighted by Gasteiger charge is 2.76. The zero-order chi connectivity index (χ0) is 41.8. The molecule has 0 saturated carbocycles. The molecule has 13 nitrogen and oxygen atoms in total. The van der Waals surface area contributed by atoms with E-state index >= 15 is 4.79 Å². The molecule has 3 aliphatic carbocycles. The Morgan fingerprint density at radius 1 is 0.983 bits per heavy atom. The Balaban J connectivity index is 1.28. The number of rotatable bonds is 8. The molecule has 3 heterocycles. The van der Waals surface area contributed by atoms with Gasteiger partial charge in [-0.2, -0.15) is 0 Å². The second-order valence-corrected chi connectivity index (χ2v) is 23.3. The second-order valence-electron chi connectivity index (χ2n) is 18.6. The summed E-state index contributed by atoms with van der Waals surface area (Å²) in [5.74, 6) is -2.86. The van der Waals surface area contributed by atoms with Crippen LogP contribution in [0.5, 0.6) is 0 Å². The summed E-state index contributed by atoms with van der Waals surface area (Å²) < 4.78 is 43.5. The molecule has 8 rings (SSSR count). The smallest absolute Gasteiger partial charge is 0.456 e. The first-order valence-corrected chi connectivity index (χ1v) is 22.6. The molecular weight excluding hydrogens is 763 g/mol. The van der Waals surface area contributed by atoms with Crippen molar-refractivity contribution in [2.75, 3.05) is 6.61 Å². The zero-order valence-electron chi connectivity index (χ0n) is 34.2. The van der Waals surface area contributed by atoms with E-state index in [2.05, 4.69) is 26.1 Å². The minimum absolute atomic E-state index is 0.0770. The molecule has 2 aromatic carbocycles. The van der Waals surface area contributed by atoms with E-state index < -0.39 is 90.6 Å². The number of carbonyl (C=O) groups excluding carboxylic acids is 3. The van der Waals surface area contributed by atoms with Crippen molar-refractivity contribution in [2.24, 2.45) is 11.3 Å². The number of hydrogen-bond acceptors (Lipinski definition) is 12. The highest BCUT2D eigenvalue weighted by atomic mass is 28.4. The largest absolute Gasteiger partial charge is 0.519 e. The summed E-state index contributed by atoms with van der Waals surface area (Å²) in [5.41, 5.74) is -3.53. The molecule has 5 aliphatic rings. The van der Waals surface area contributed by atoms with Gasteiger partial charge in [-0.15, -0.1) is 0 Å². The summed E-state index contributed by atoms with van der Waals surface area (Å²) in [6.07, 6.45) is -1.82. The number of allylic oxidation sites excluding steroid dienone is 1. The molecule has 2 aliphatic heterocycles. The van der Waals surface area contributed by atoms with Gasteiger partial charge in [-0.1, -0.05) is 95.3 Å². The van der Waals surface area contributed by atoms with Crippen molar-refractivity contribution in [3.05, 3.63) is 112 Å². The fraction of sp³-hybridized carbons (Fsp3) is 0.500. The van der Waals surface area contributed by atoms with Crippen LogP contribution in [0.3, 0.4) is 0 Å². The Labute approximate surface area is 337 Å². The Hall–Kier alpha value is -4.76. The van der Waals surface area contributed by atoms with Crippen molar-refractivity contribution in [3.8, 4) is 0 Å². The highest BCUT2D eigenvalue weighted by molar-refractivity contribution is 6.74. The fourth-order valence-corrected chi connectivity index (χ4v) is 10.9. The average molecular weight is 814 g/mol. The van der Waals surface area contributed by atoms with Crippen LogP contribution in [0.4, 0.5) is 4.79 Å². The summed E-state index contributed by atoms with van der Waals surface area (Å²) in [5, 5.41) is 15.1. The lowest BCUT2D eigenvalue weighted by Crippen LogP contribution is -2.74. The molecule has 2 fully saturated rings. The standard InChI is InChI=1S/C44H51NO12Si/c1-24-27(52-37(47)32(57-58(8,9)40(2,3)4)30(25-16-12-10-13-17-25)45-36(46)26-18-14-11-15-19-26)22-44-35(55-39(49)56-44)33-42(7,21-20-28-43(33,50)23-51-28)34-31(53-38(48)54-34)29(24)41(44,5)6/h10-21,27-28,30,32-33,35,50H,22-23H2,1-9H3,(H,45,46)/t27-,28+,30-,32+,33-,35-,42+,43-,44+/m0/s1. The van der Waals surface area contributed by atoms with E-state index in [-0.39, 0.29) is 29.6 Å². The van der Waals surface area contributed by atoms with Crippen LogP contribution in [0.25, 0.3) is 5.57 Å². The van der Waals surface area contributed by atoms with Gasteiger partial charge in [0.2, 0.25) is 0 Å². The van der Waals surface area contributed by atoms with E-state index in [9.17, 15) is 19.5 Å². The van der Waals surface area contributed by atoms with Gasteiger partial charge in [0.25, 0.3) is 5.91 Å².